The van der Waals surface area contributed by atoms with Gasteiger partial charge in [-0.05, 0) is 51.0 Å². The van der Waals surface area contributed by atoms with E-state index in [1.807, 2.05) is 18.5 Å². The Morgan fingerprint density at radius 2 is 1.70 bits per heavy atom. The van der Waals surface area contributed by atoms with Crippen LogP contribution < -0.4 is 5.32 Å². The van der Waals surface area contributed by atoms with Gasteiger partial charge < -0.3 is 10.1 Å². The maximum atomic E-state index is 13.0. The molecule has 0 unspecified atom stereocenters. The standard InChI is InChI=1S/C21H28N4O4S/c1-15-13-24(14-16(2)29-15)30(27,28)19-9-7-17(8-10-19)21(26)23-20-11-12-22-25(20)18-5-3-4-6-18/h7-12,15-16,18H,3-6,13-14H2,1-2H3,(H,23,26)/t15-,16+. The first-order chi connectivity index (χ1) is 14.3. The van der Waals surface area contributed by atoms with Crippen molar-refractivity contribution in [1.29, 1.82) is 0 Å². The molecule has 30 heavy (non-hydrogen) atoms. The number of benzene rings is 1. The predicted octanol–water partition coefficient (Wildman–Crippen LogP) is 3.05. The van der Waals surface area contributed by atoms with E-state index in [0.717, 1.165) is 12.8 Å². The zero-order valence-electron chi connectivity index (χ0n) is 17.3. The quantitative estimate of drug-likeness (QED) is 0.784. The number of morpholine rings is 1. The first-order valence-electron chi connectivity index (χ1n) is 10.4. The number of sulfonamides is 1. The number of nitrogens with zero attached hydrogens (tertiary/aromatic N) is 3. The van der Waals surface area contributed by atoms with Gasteiger partial charge in [0.2, 0.25) is 10.0 Å². The Kier molecular flexibility index (Phi) is 5.95. The number of ether oxygens (including phenoxy) is 1. The number of hydrogen-bond donors (Lipinski definition) is 1. The summed E-state index contributed by atoms with van der Waals surface area (Å²) in [6, 6.07) is 8.18. The molecule has 0 radical (unpaired) electrons. The molecule has 1 saturated carbocycles. The number of rotatable bonds is 5. The molecule has 2 aromatic rings. The van der Waals surface area contributed by atoms with E-state index in [1.165, 1.54) is 29.3 Å². The molecule has 162 valence electrons. The molecule has 2 atom stereocenters. The van der Waals surface area contributed by atoms with Gasteiger partial charge in [0.05, 0.1) is 29.3 Å². The monoisotopic (exact) mass is 432 g/mol. The summed E-state index contributed by atoms with van der Waals surface area (Å²) in [6.07, 6.45) is 5.86. The highest BCUT2D eigenvalue weighted by molar-refractivity contribution is 7.89. The zero-order valence-corrected chi connectivity index (χ0v) is 18.1. The highest BCUT2D eigenvalue weighted by Crippen LogP contribution is 2.31. The molecule has 0 spiro atoms. The van der Waals surface area contributed by atoms with Crippen LogP contribution in [0, 0.1) is 0 Å². The fourth-order valence-corrected chi connectivity index (χ4v) is 5.89. The van der Waals surface area contributed by atoms with E-state index in [4.69, 9.17) is 4.74 Å². The third kappa shape index (κ3) is 4.28. The molecule has 1 aromatic heterocycles. The van der Waals surface area contributed by atoms with Crippen LogP contribution in [0.25, 0.3) is 0 Å². The second kappa shape index (κ2) is 8.49. The van der Waals surface area contributed by atoms with E-state index in [9.17, 15) is 13.2 Å². The SMILES string of the molecule is C[C@@H]1CN(S(=O)(=O)c2ccc(C(=O)Nc3ccnn3C3CCCC3)cc2)C[C@H](C)O1. The number of hydrogen-bond acceptors (Lipinski definition) is 5. The number of nitrogens with one attached hydrogen (secondary N) is 1. The maximum absolute atomic E-state index is 13.0. The lowest BCUT2D eigenvalue weighted by molar-refractivity contribution is -0.0440. The minimum atomic E-state index is -3.63. The normalized spacial score (nSPS) is 23.5. The minimum absolute atomic E-state index is 0.154. The Hall–Kier alpha value is -2.23. The molecule has 1 N–H and O–H groups in total. The Labute approximate surface area is 177 Å². The van der Waals surface area contributed by atoms with E-state index in [1.54, 1.807) is 24.4 Å². The molecule has 2 heterocycles. The number of carbonyl (C=O) groups is 1. The molecule has 1 aliphatic heterocycles. The lowest BCUT2D eigenvalue weighted by Gasteiger charge is -2.34. The van der Waals surface area contributed by atoms with Crippen LogP contribution in [-0.2, 0) is 14.8 Å². The molecule has 1 amide bonds. The van der Waals surface area contributed by atoms with Crippen LogP contribution in [0.15, 0.2) is 41.4 Å². The maximum Gasteiger partial charge on any atom is 0.256 e. The highest BCUT2D eigenvalue weighted by Gasteiger charge is 2.32. The van der Waals surface area contributed by atoms with Gasteiger partial charge >= 0.3 is 0 Å². The fraction of sp³-hybridized carbons (Fsp3) is 0.524. The van der Waals surface area contributed by atoms with Crippen LogP contribution in [0.4, 0.5) is 5.82 Å². The van der Waals surface area contributed by atoms with Gasteiger partial charge in [0.25, 0.3) is 5.91 Å². The van der Waals surface area contributed by atoms with Gasteiger partial charge in [0.15, 0.2) is 0 Å². The van der Waals surface area contributed by atoms with Gasteiger partial charge in [-0.15, -0.1) is 0 Å². The molecule has 4 rings (SSSR count). The molecule has 1 saturated heterocycles. The summed E-state index contributed by atoms with van der Waals surface area (Å²) in [4.78, 5) is 12.9. The van der Waals surface area contributed by atoms with Gasteiger partial charge in [-0.2, -0.15) is 9.40 Å². The zero-order chi connectivity index (χ0) is 21.3. The minimum Gasteiger partial charge on any atom is -0.373 e. The summed E-state index contributed by atoms with van der Waals surface area (Å²) < 4.78 is 34.9. The fourth-order valence-electron chi connectivity index (χ4n) is 4.30. The Morgan fingerprint density at radius 1 is 1.07 bits per heavy atom. The van der Waals surface area contributed by atoms with Crippen LogP contribution in [0.1, 0.15) is 55.9 Å². The van der Waals surface area contributed by atoms with Gasteiger partial charge in [0.1, 0.15) is 5.82 Å². The van der Waals surface area contributed by atoms with Crippen LogP contribution in [0.5, 0.6) is 0 Å². The van der Waals surface area contributed by atoms with Crippen molar-refractivity contribution in [2.45, 2.75) is 62.7 Å². The molecule has 8 nitrogen and oxygen atoms in total. The van der Waals surface area contributed by atoms with Gasteiger partial charge in [-0.25, -0.2) is 13.1 Å². The van der Waals surface area contributed by atoms with E-state index in [2.05, 4.69) is 10.4 Å². The van der Waals surface area contributed by atoms with Gasteiger partial charge in [-0.3, -0.25) is 4.79 Å². The van der Waals surface area contributed by atoms with Crippen molar-refractivity contribution < 1.29 is 17.9 Å². The number of anilines is 1. The van der Waals surface area contributed by atoms with Gasteiger partial charge in [0, 0.05) is 24.7 Å². The average Bonchev–Trinajstić information content (AvgIpc) is 3.39. The average molecular weight is 433 g/mol. The third-order valence-corrected chi connectivity index (χ3v) is 7.57. The summed E-state index contributed by atoms with van der Waals surface area (Å²) in [7, 11) is -3.63. The van der Waals surface area contributed by atoms with Crippen molar-refractivity contribution in [3.05, 3.63) is 42.1 Å². The first kappa shape index (κ1) is 21.0. The van der Waals surface area contributed by atoms with Crippen molar-refractivity contribution in [3.8, 4) is 0 Å². The molecule has 1 aromatic carbocycles. The lowest BCUT2D eigenvalue weighted by Crippen LogP contribution is -2.48. The summed E-state index contributed by atoms with van der Waals surface area (Å²) >= 11 is 0. The van der Waals surface area contributed by atoms with E-state index in [-0.39, 0.29) is 23.0 Å². The third-order valence-electron chi connectivity index (χ3n) is 5.72. The molecule has 9 heteroatoms. The van der Waals surface area contributed by atoms with Crippen molar-refractivity contribution in [1.82, 2.24) is 14.1 Å². The van der Waals surface area contributed by atoms with Crippen molar-refractivity contribution in [3.63, 3.8) is 0 Å². The smallest absolute Gasteiger partial charge is 0.256 e. The van der Waals surface area contributed by atoms with E-state index < -0.39 is 10.0 Å². The summed E-state index contributed by atoms with van der Waals surface area (Å²) in [5.41, 5.74) is 0.400. The van der Waals surface area contributed by atoms with Crippen LogP contribution in [0.3, 0.4) is 0 Å². The molecule has 1 aliphatic carbocycles. The van der Waals surface area contributed by atoms with E-state index >= 15 is 0 Å². The highest BCUT2D eigenvalue weighted by atomic mass is 32.2. The van der Waals surface area contributed by atoms with E-state index in [0.29, 0.717) is 30.5 Å². The first-order valence-corrected chi connectivity index (χ1v) is 11.9. The Bertz CT molecular complexity index is 986. The molecular weight excluding hydrogens is 404 g/mol. The molecule has 2 aliphatic rings. The largest absolute Gasteiger partial charge is 0.373 e. The molecule has 0 bridgehead atoms. The number of carbonyl (C=O) groups excluding carboxylic acids is 1. The van der Waals surface area contributed by atoms with Crippen molar-refractivity contribution in [2.75, 3.05) is 18.4 Å². The molecular formula is C21H28N4O4S. The molecule has 2 fully saturated rings. The van der Waals surface area contributed by atoms with Gasteiger partial charge in [-0.1, -0.05) is 12.8 Å². The van der Waals surface area contributed by atoms with Crippen molar-refractivity contribution >= 4 is 21.7 Å². The van der Waals surface area contributed by atoms with Crippen LogP contribution >= 0.6 is 0 Å². The Balaban J connectivity index is 1.47. The second-order valence-corrected chi connectivity index (χ2v) is 10.1. The van der Waals surface area contributed by atoms with Crippen molar-refractivity contribution in [2.24, 2.45) is 0 Å². The summed E-state index contributed by atoms with van der Waals surface area (Å²) in [5.74, 6) is 0.382. The number of aromatic nitrogens is 2. The summed E-state index contributed by atoms with van der Waals surface area (Å²) in [5, 5.41) is 7.26. The van der Waals surface area contributed by atoms with Crippen LogP contribution in [0.2, 0.25) is 0 Å². The topological polar surface area (TPSA) is 93.5 Å². The lowest BCUT2D eigenvalue weighted by atomic mass is 10.2. The van der Waals surface area contributed by atoms with Crippen LogP contribution in [-0.4, -0.2) is 53.7 Å². The summed E-state index contributed by atoms with van der Waals surface area (Å²) in [6.45, 7) is 4.37. The predicted molar refractivity (Wildman–Crippen MR) is 113 cm³/mol. The number of amides is 1. The second-order valence-electron chi connectivity index (χ2n) is 8.16. The Morgan fingerprint density at radius 3 is 2.33 bits per heavy atom.